The summed E-state index contributed by atoms with van der Waals surface area (Å²) in [5.41, 5.74) is 5.49. The minimum absolute atomic E-state index is 0.0418. The number of ether oxygens (including phenoxy) is 2. The maximum atomic E-state index is 12.2. The first-order chi connectivity index (χ1) is 22.8. The average Bonchev–Trinajstić information content (AvgIpc) is 3.10. The first kappa shape index (κ1) is 33.8. The van der Waals surface area contributed by atoms with Crippen LogP contribution in [0.5, 0.6) is 0 Å². The van der Waals surface area contributed by atoms with E-state index in [-0.39, 0.29) is 43.1 Å². The molecular weight excluding hydrogens is 620 g/mol. The van der Waals surface area contributed by atoms with Gasteiger partial charge in [-0.05, 0) is 58.5 Å². The normalized spacial score (nSPS) is 17.6. The molecule has 1 fully saturated rings. The summed E-state index contributed by atoms with van der Waals surface area (Å²) in [6.45, 7) is 0.268. The highest BCUT2D eigenvalue weighted by Crippen LogP contribution is 2.40. The number of carbonyl (C=O) groups is 3. The molecule has 4 aromatic rings. The van der Waals surface area contributed by atoms with Gasteiger partial charge in [0.1, 0.15) is 5.03 Å². The second-order valence-electron chi connectivity index (χ2n) is 11.2. The van der Waals surface area contributed by atoms with Crippen molar-refractivity contribution in [3.63, 3.8) is 0 Å². The molecule has 5 rings (SSSR count). The molecule has 47 heavy (non-hydrogen) atoms. The molecule has 10 nitrogen and oxygen atoms in total. The highest BCUT2D eigenvalue weighted by molar-refractivity contribution is 7.99. The summed E-state index contributed by atoms with van der Waals surface area (Å²) in [5.74, 6) is -1.68. The van der Waals surface area contributed by atoms with Crippen LogP contribution in [0.1, 0.15) is 70.7 Å². The van der Waals surface area contributed by atoms with Gasteiger partial charge in [-0.2, -0.15) is 0 Å². The molecular formula is C36H36N2O8S. The smallest absolute Gasteiger partial charge is 0.338 e. The minimum Gasteiger partial charge on any atom is -0.481 e. The molecule has 0 spiro atoms. The molecule has 1 aromatic heterocycles. The lowest BCUT2D eigenvalue weighted by Crippen LogP contribution is -2.31. The van der Waals surface area contributed by atoms with Crippen molar-refractivity contribution in [1.82, 2.24) is 10.3 Å². The Morgan fingerprint density at radius 2 is 1.62 bits per heavy atom. The molecule has 3 aromatic carbocycles. The lowest BCUT2D eigenvalue weighted by molar-refractivity contribution is -0.245. The fourth-order valence-electron chi connectivity index (χ4n) is 5.28. The van der Waals surface area contributed by atoms with Gasteiger partial charge in [-0.1, -0.05) is 60.7 Å². The Hall–Kier alpha value is -4.55. The van der Waals surface area contributed by atoms with E-state index in [9.17, 15) is 24.6 Å². The van der Waals surface area contributed by atoms with Crippen molar-refractivity contribution in [2.24, 2.45) is 0 Å². The molecule has 1 amide bonds. The van der Waals surface area contributed by atoms with Crippen molar-refractivity contribution in [3.8, 4) is 11.1 Å². The number of aromatic carboxylic acids is 1. The van der Waals surface area contributed by atoms with E-state index >= 15 is 0 Å². The Labute approximate surface area is 276 Å². The maximum Gasteiger partial charge on any atom is 0.338 e. The number of hydrogen-bond acceptors (Lipinski definition) is 8. The van der Waals surface area contributed by atoms with Gasteiger partial charge in [0.05, 0.1) is 24.4 Å². The fraction of sp³-hybridized carbons (Fsp3) is 0.278. The topological polar surface area (TPSA) is 155 Å². The number of rotatable bonds is 14. The number of aliphatic hydroxyl groups excluding tert-OH is 1. The van der Waals surface area contributed by atoms with E-state index in [4.69, 9.17) is 14.6 Å². The van der Waals surface area contributed by atoms with Crippen LogP contribution in [0.3, 0.4) is 0 Å². The molecule has 11 heteroatoms. The van der Waals surface area contributed by atoms with Crippen molar-refractivity contribution < 1.29 is 39.2 Å². The van der Waals surface area contributed by atoms with Gasteiger partial charge in [-0.15, -0.1) is 11.8 Å². The van der Waals surface area contributed by atoms with E-state index in [1.807, 2.05) is 72.8 Å². The lowest BCUT2D eigenvalue weighted by atomic mass is 9.99. The number of aliphatic carboxylic acids is 1. The molecule has 0 bridgehead atoms. The number of nitrogens with one attached hydrogen (secondary N) is 1. The molecule has 4 N–H and O–H groups in total. The summed E-state index contributed by atoms with van der Waals surface area (Å²) in [5, 5.41) is 31.2. The van der Waals surface area contributed by atoms with Gasteiger partial charge in [0, 0.05) is 43.3 Å². The first-order valence-electron chi connectivity index (χ1n) is 15.3. The highest BCUT2D eigenvalue weighted by Gasteiger charge is 2.33. The third-order valence-corrected chi connectivity index (χ3v) is 8.86. The minimum atomic E-state index is -1.03. The molecule has 1 aliphatic heterocycles. The molecule has 2 heterocycles. The monoisotopic (exact) mass is 656 g/mol. The van der Waals surface area contributed by atoms with Crippen molar-refractivity contribution in [2.75, 3.05) is 5.75 Å². The molecule has 0 aliphatic carbocycles. The van der Waals surface area contributed by atoms with Crippen LogP contribution in [0.25, 0.3) is 11.1 Å². The van der Waals surface area contributed by atoms with Crippen molar-refractivity contribution in [1.29, 1.82) is 0 Å². The second kappa shape index (κ2) is 16.3. The molecule has 3 atom stereocenters. The van der Waals surface area contributed by atoms with Crippen molar-refractivity contribution in [3.05, 3.63) is 119 Å². The van der Waals surface area contributed by atoms with Crippen LogP contribution >= 0.6 is 11.8 Å². The number of aliphatic hydroxyl groups is 1. The van der Waals surface area contributed by atoms with Crippen LogP contribution < -0.4 is 5.32 Å². The zero-order valence-corrected chi connectivity index (χ0v) is 26.4. The van der Waals surface area contributed by atoms with Crippen LogP contribution in [0.2, 0.25) is 0 Å². The van der Waals surface area contributed by atoms with Gasteiger partial charge in [-0.25, -0.2) is 9.78 Å². The second-order valence-corrected chi connectivity index (χ2v) is 12.2. The summed E-state index contributed by atoms with van der Waals surface area (Å²) in [6, 6.07) is 26.5. The fourth-order valence-corrected chi connectivity index (χ4v) is 6.28. The predicted molar refractivity (Wildman–Crippen MR) is 176 cm³/mol. The van der Waals surface area contributed by atoms with E-state index < -0.39 is 18.2 Å². The molecule has 1 saturated heterocycles. The lowest BCUT2D eigenvalue weighted by Gasteiger charge is -2.36. The number of hydrogen-bond donors (Lipinski definition) is 4. The van der Waals surface area contributed by atoms with E-state index in [0.717, 1.165) is 33.4 Å². The Bertz CT molecular complexity index is 1700. The van der Waals surface area contributed by atoms with Gasteiger partial charge in [0.25, 0.3) is 0 Å². The Balaban J connectivity index is 1.33. The summed E-state index contributed by atoms with van der Waals surface area (Å²) < 4.78 is 13.0. The van der Waals surface area contributed by atoms with Gasteiger partial charge in [-0.3, -0.25) is 9.59 Å². The average molecular weight is 657 g/mol. The van der Waals surface area contributed by atoms with E-state index in [2.05, 4.69) is 10.3 Å². The number of carboxylic acid groups (broad SMARTS) is 2. The summed E-state index contributed by atoms with van der Waals surface area (Å²) in [7, 11) is 0. The number of nitrogens with zero attached hydrogens (tertiary/aromatic N) is 1. The predicted octanol–water partition coefficient (Wildman–Crippen LogP) is 6.15. The summed E-state index contributed by atoms with van der Waals surface area (Å²) >= 11 is 1.33. The number of carbonyl (C=O) groups excluding carboxylic acids is 1. The zero-order valence-electron chi connectivity index (χ0n) is 25.6. The van der Waals surface area contributed by atoms with E-state index in [1.165, 1.54) is 17.8 Å². The molecule has 0 unspecified atom stereocenters. The molecule has 1 aliphatic rings. The van der Waals surface area contributed by atoms with E-state index in [1.54, 1.807) is 12.3 Å². The van der Waals surface area contributed by atoms with Gasteiger partial charge < -0.3 is 30.1 Å². The maximum absolute atomic E-state index is 12.2. The largest absolute Gasteiger partial charge is 0.481 e. The van der Waals surface area contributed by atoms with Crippen LogP contribution in [0.15, 0.2) is 96.2 Å². The standard InChI is InChI=1S/C36H36N2O8S/c39-21-23-12-14-25(15-13-23)31-19-29(22-47-34-30(35(43)44)9-4-16-37-34)45-36(46-31)28-8-2-7-27(18-28)26-6-1-5-24(17-26)20-38-32(40)10-3-11-33(41)42/h1-2,4-9,12-18,29,31,36,39H,3,10-11,19-22H2,(H,38,40)(H,41,42)(H,43,44)/t29-,31+,36+/m1/s1. The number of amides is 1. The number of pyridine rings is 1. The third kappa shape index (κ3) is 9.49. The van der Waals surface area contributed by atoms with Gasteiger partial charge in [0.2, 0.25) is 5.91 Å². The van der Waals surface area contributed by atoms with E-state index in [0.29, 0.717) is 30.2 Å². The van der Waals surface area contributed by atoms with Gasteiger partial charge >= 0.3 is 11.9 Å². The summed E-state index contributed by atoms with van der Waals surface area (Å²) in [6.07, 6.45) is 1.24. The zero-order chi connectivity index (χ0) is 33.2. The van der Waals surface area contributed by atoms with Crippen LogP contribution in [0.4, 0.5) is 0 Å². The first-order valence-corrected chi connectivity index (χ1v) is 16.3. The van der Waals surface area contributed by atoms with Crippen molar-refractivity contribution >= 4 is 29.6 Å². The molecule has 0 saturated carbocycles. The number of carboxylic acids is 2. The Morgan fingerprint density at radius 3 is 2.36 bits per heavy atom. The number of benzene rings is 3. The van der Waals surface area contributed by atoms with Crippen LogP contribution in [0, 0.1) is 0 Å². The SMILES string of the molecule is O=C(O)CCCC(=O)NCc1cccc(-c2cccc([C@H]3O[C@@H](CSc4ncccc4C(=O)O)C[C@@H](c4ccc(CO)cc4)O3)c2)c1. The Kier molecular flexibility index (Phi) is 11.7. The van der Waals surface area contributed by atoms with Gasteiger partial charge in [0.15, 0.2) is 6.29 Å². The van der Waals surface area contributed by atoms with Crippen LogP contribution in [-0.4, -0.2) is 50.0 Å². The van der Waals surface area contributed by atoms with Crippen LogP contribution in [-0.2, 0) is 32.2 Å². The Morgan fingerprint density at radius 1 is 0.851 bits per heavy atom. The summed E-state index contributed by atoms with van der Waals surface area (Å²) in [4.78, 5) is 38.9. The third-order valence-electron chi connectivity index (χ3n) is 7.73. The molecule has 0 radical (unpaired) electrons. The van der Waals surface area contributed by atoms with Crippen molar-refractivity contribution in [2.45, 2.75) is 62.4 Å². The quantitative estimate of drug-likeness (QED) is 0.116. The highest BCUT2D eigenvalue weighted by atomic mass is 32.2. The number of thioether (sulfide) groups is 1. The number of aromatic nitrogens is 1. The molecule has 244 valence electrons.